The lowest BCUT2D eigenvalue weighted by Crippen LogP contribution is -2.34. The number of rotatable bonds is 8. The lowest BCUT2D eigenvalue weighted by Gasteiger charge is -2.24. The Bertz CT molecular complexity index is 195. The Morgan fingerprint density at radius 2 is 1.76 bits per heavy atom. The van der Waals surface area contributed by atoms with Gasteiger partial charge in [-0.2, -0.15) is 0 Å². The average molecular weight is 238 g/mol. The van der Waals surface area contributed by atoms with E-state index in [1.807, 2.05) is 0 Å². The van der Waals surface area contributed by atoms with Crippen molar-refractivity contribution in [2.24, 2.45) is 0 Å². The van der Waals surface area contributed by atoms with Gasteiger partial charge in [-0.25, -0.2) is 0 Å². The van der Waals surface area contributed by atoms with Crippen molar-refractivity contribution in [1.29, 1.82) is 0 Å². The SMILES string of the molecule is CCCN(CCCNC1CCCCC1)C1CC1. The van der Waals surface area contributed by atoms with Crippen molar-refractivity contribution in [3.63, 3.8) is 0 Å². The van der Waals surface area contributed by atoms with Gasteiger partial charge < -0.3 is 10.2 Å². The van der Waals surface area contributed by atoms with Gasteiger partial charge in [-0.15, -0.1) is 0 Å². The van der Waals surface area contributed by atoms with Crippen molar-refractivity contribution < 1.29 is 0 Å². The van der Waals surface area contributed by atoms with Gasteiger partial charge in [0.15, 0.2) is 0 Å². The van der Waals surface area contributed by atoms with Crippen molar-refractivity contribution >= 4 is 0 Å². The molecule has 100 valence electrons. The second-order valence-corrected chi connectivity index (χ2v) is 5.91. The fourth-order valence-electron chi connectivity index (χ4n) is 3.10. The van der Waals surface area contributed by atoms with Gasteiger partial charge in [0, 0.05) is 12.1 Å². The van der Waals surface area contributed by atoms with Crippen LogP contribution in [0.5, 0.6) is 0 Å². The standard InChI is InChI=1S/C15H30N2/c1-2-12-17(15-9-10-15)13-6-11-16-14-7-4-3-5-8-14/h14-16H,2-13H2,1H3. The molecule has 0 amide bonds. The molecule has 2 nitrogen and oxygen atoms in total. The first-order valence-corrected chi connectivity index (χ1v) is 7.87. The molecule has 2 fully saturated rings. The van der Waals surface area contributed by atoms with Crippen LogP contribution in [0.3, 0.4) is 0 Å². The zero-order valence-corrected chi connectivity index (χ0v) is 11.6. The van der Waals surface area contributed by atoms with Crippen LogP contribution in [0.2, 0.25) is 0 Å². The maximum atomic E-state index is 3.75. The van der Waals surface area contributed by atoms with Crippen LogP contribution in [0.15, 0.2) is 0 Å². The zero-order valence-electron chi connectivity index (χ0n) is 11.6. The van der Waals surface area contributed by atoms with Gasteiger partial charge in [0.05, 0.1) is 0 Å². The van der Waals surface area contributed by atoms with Crippen LogP contribution in [-0.4, -0.2) is 36.6 Å². The third kappa shape index (κ3) is 4.97. The molecule has 2 rings (SSSR count). The Morgan fingerprint density at radius 1 is 1.00 bits per heavy atom. The topological polar surface area (TPSA) is 15.3 Å². The molecule has 0 heterocycles. The lowest BCUT2D eigenvalue weighted by atomic mass is 9.95. The van der Waals surface area contributed by atoms with Crippen molar-refractivity contribution in [3.05, 3.63) is 0 Å². The number of nitrogens with zero attached hydrogens (tertiary/aromatic N) is 1. The van der Waals surface area contributed by atoms with Crippen LogP contribution >= 0.6 is 0 Å². The van der Waals surface area contributed by atoms with E-state index in [1.54, 1.807) is 0 Å². The van der Waals surface area contributed by atoms with Crippen molar-refractivity contribution in [1.82, 2.24) is 10.2 Å². The fourth-order valence-corrected chi connectivity index (χ4v) is 3.10. The molecule has 0 bridgehead atoms. The molecule has 2 aliphatic carbocycles. The van der Waals surface area contributed by atoms with Gasteiger partial charge in [0.25, 0.3) is 0 Å². The first-order valence-electron chi connectivity index (χ1n) is 7.87. The fraction of sp³-hybridized carbons (Fsp3) is 1.00. The van der Waals surface area contributed by atoms with Crippen LogP contribution in [-0.2, 0) is 0 Å². The summed E-state index contributed by atoms with van der Waals surface area (Å²) < 4.78 is 0. The minimum Gasteiger partial charge on any atom is -0.314 e. The van der Waals surface area contributed by atoms with Gasteiger partial charge in [-0.3, -0.25) is 0 Å². The first kappa shape index (κ1) is 13.4. The molecule has 0 spiro atoms. The molecule has 1 N–H and O–H groups in total. The minimum atomic E-state index is 0.837. The molecule has 0 unspecified atom stereocenters. The second kappa shape index (κ2) is 7.38. The maximum absolute atomic E-state index is 3.75. The van der Waals surface area contributed by atoms with E-state index in [4.69, 9.17) is 0 Å². The molecule has 0 aliphatic heterocycles. The summed E-state index contributed by atoms with van der Waals surface area (Å²) in [5.74, 6) is 0. The Labute approximate surface area is 107 Å². The molecule has 0 aromatic rings. The van der Waals surface area contributed by atoms with E-state index in [0.29, 0.717) is 0 Å². The van der Waals surface area contributed by atoms with Gasteiger partial charge in [-0.05, 0) is 58.2 Å². The highest BCUT2D eigenvalue weighted by Crippen LogP contribution is 2.26. The molecule has 17 heavy (non-hydrogen) atoms. The molecule has 0 aromatic carbocycles. The molecule has 0 aromatic heterocycles. The summed E-state index contributed by atoms with van der Waals surface area (Å²) in [7, 11) is 0. The summed E-state index contributed by atoms with van der Waals surface area (Å²) in [5.41, 5.74) is 0. The molecule has 0 radical (unpaired) electrons. The molecule has 2 saturated carbocycles. The maximum Gasteiger partial charge on any atom is 0.00964 e. The second-order valence-electron chi connectivity index (χ2n) is 5.91. The summed E-state index contributed by atoms with van der Waals surface area (Å²) in [5, 5.41) is 3.75. The van der Waals surface area contributed by atoms with E-state index >= 15 is 0 Å². The van der Waals surface area contributed by atoms with Gasteiger partial charge >= 0.3 is 0 Å². The lowest BCUT2D eigenvalue weighted by molar-refractivity contribution is 0.255. The summed E-state index contributed by atoms with van der Waals surface area (Å²) in [4.78, 5) is 2.71. The normalized spacial score (nSPS) is 22.2. The largest absolute Gasteiger partial charge is 0.314 e. The third-order valence-corrected chi connectivity index (χ3v) is 4.23. The van der Waals surface area contributed by atoms with Gasteiger partial charge in [-0.1, -0.05) is 26.2 Å². The number of hydrogen-bond donors (Lipinski definition) is 1. The Balaban J connectivity index is 1.51. The van der Waals surface area contributed by atoms with E-state index < -0.39 is 0 Å². The highest BCUT2D eigenvalue weighted by molar-refractivity contribution is 4.84. The molecular formula is C15H30N2. The summed E-state index contributed by atoms with van der Waals surface area (Å²) in [6.45, 7) is 6.17. The van der Waals surface area contributed by atoms with Crippen molar-refractivity contribution in [2.75, 3.05) is 19.6 Å². The Hall–Kier alpha value is -0.0800. The van der Waals surface area contributed by atoms with Crippen molar-refractivity contribution in [2.45, 2.75) is 76.8 Å². The Morgan fingerprint density at radius 3 is 2.41 bits per heavy atom. The first-order chi connectivity index (χ1) is 8.40. The van der Waals surface area contributed by atoms with Crippen LogP contribution < -0.4 is 5.32 Å². The molecule has 2 heteroatoms. The van der Waals surface area contributed by atoms with Crippen molar-refractivity contribution in [3.8, 4) is 0 Å². The summed E-state index contributed by atoms with van der Waals surface area (Å²) in [6.07, 6.45) is 12.8. The summed E-state index contributed by atoms with van der Waals surface area (Å²) >= 11 is 0. The molecule has 2 aliphatic rings. The number of hydrogen-bond acceptors (Lipinski definition) is 2. The summed E-state index contributed by atoms with van der Waals surface area (Å²) in [6, 6.07) is 1.79. The molecule has 0 saturated heterocycles. The quantitative estimate of drug-likeness (QED) is 0.653. The Kier molecular flexibility index (Phi) is 5.79. The predicted octanol–water partition coefficient (Wildman–Crippen LogP) is 3.17. The molecule has 0 atom stereocenters. The smallest absolute Gasteiger partial charge is 0.00964 e. The van der Waals surface area contributed by atoms with E-state index in [9.17, 15) is 0 Å². The van der Waals surface area contributed by atoms with Crippen LogP contribution in [0.1, 0.15) is 64.7 Å². The molecular weight excluding hydrogens is 208 g/mol. The van der Waals surface area contributed by atoms with Crippen LogP contribution in [0.25, 0.3) is 0 Å². The van der Waals surface area contributed by atoms with E-state index in [2.05, 4.69) is 17.1 Å². The van der Waals surface area contributed by atoms with Crippen LogP contribution in [0, 0.1) is 0 Å². The zero-order chi connectivity index (χ0) is 11.9. The predicted molar refractivity (Wildman–Crippen MR) is 74.4 cm³/mol. The highest BCUT2D eigenvalue weighted by atomic mass is 15.2. The average Bonchev–Trinajstić information content (AvgIpc) is 3.19. The monoisotopic (exact) mass is 238 g/mol. The minimum absolute atomic E-state index is 0.837. The number of nitrogens with one attached hydrogen (secondary N) is 1. The van der Waals surface area contributed by atoms with E-state index in [1.165, 1.54) is 77.4 Å². The van der Waals surface area contributed by atoms with E-state index in [-0.39, 0.29) is 0 Å². The van der Waals surface area contributed by atoms with E-state index in [0.717, 1.165) is 12.1 Å². The van der Waals surface area contributed by atoms with Crippen LogP contribution in [0.4, 0.5) is 0 Å². The highest BCUT2D eigenvalue weighted by Gasteiger charge is 2.27. The van der Waals surface area contributed by atoms with Gasteiger partial charge in [0.2, 0.25) is 0 Å². The third-order valence-electron chi connectivity index (χ3n) is 4.23. The van der Waals surface area contributed by atoms with Gasteiger partial charge in [0.1, 0.15) is 0 Å².